The standard InChI is InChI=1S/C24H22N2O5/c27-20-9-5-4-8-18(20)15-25-19-12-10-16(11-13-19)14-21(28)26-22(24(30)31)23(29)17-6-2-1-3-7-17/h1-13,15,22-23,27,29H,14H2,(H,26,28)(H,30,31). The van der Waals surface area contributed by atoms with E-state index in [1.807, 2.05) is 0 Å². The number of aliphatic imine (C=N–C) groups is 1. The van der Waals surface area contributed by atoms with E-state index in [4.69, 9.17) is 0 Å². The monoisotopic (exact) mass is 418 g/mol. The van der Waals surface area contributed by atoms with E-state index in [-0.39, 0.29) is 12.2 Å². The van der Waals surface area contributed by atoms with Gasteiger partial charge in [-0.2, -0.15) is 0 Å². The van der Waals surface area contributed by atoms with Crippen molar-refractivity contribution in [3.8, 4) is 5.75 Å². The van der Waals surface area contributed by atoms with Crippen molar-refractivity contribution in [2.24, 2.45) is 4.99 Å². The van der Waals surface area contributed by atoms with Gasteiger partial charge < -0.3 is 20.6 Å². The van der Waals surface area contributed by atoms with Crippen LogP contribution in [0.25, 0.3) is 0 Å². The van der Waals surface area contributed by atoms with Gasteiger partial charge in [-0.15, -0.1) is 0 Å². The van der Waals surface area contributed by atoms with Crippen molar-refractivity contribution < 1.29 is 24.9 Å². The van der Waals surface area contributed by atoms with Gasteiger partial charge in [0.1, 0.15) is 11.9 Å². The Balaban J connectivity index is 1.62. The van der Waals surface area contributed by atoms with Crippen LogP contribution in [0.2, 0.25) is 0 Å². The molecule has 0 saturated heterocycles. The molecule has 0 heterocycles. The van der Waals surface area contributed by atoms with Gasteiger partial charge in [-0.3, -0.25) is 9.79 Å². The Labute approximate surface area is 179 Å². The number of aliphatic hydroxyl groups is 1. The van der Waals surface area contributed by atoms with Gasteiger partial charge in [0.05, 0.1) is 12.1 Å². The lowest BCUT2D eigenvalue weighted by molar-refractivity contribution is -0.145. The van der Waals surface area contributed by atoms with Crippen molar-refractivity contribution in [1.82, 2.24) is 5.32 Å². The lowest BCUT2D eigenvalue weighted by Crippen LogP contribution is -2.45. The number of carbonyl (C=O) groups is 2. The topological polar surface area (TPSA) is 119 Å². The maximum Gasteiger partial charge on any atom is 0.329 e. The predicted molar refractivity (Wildman–Crippen MR) is 116 cm³/mol. The molecule has 0 radical (unpaired) electrons. The molecule has 4 N–H and O–H groups in total. The number of hydrogen-bond donors (Lipinski definition) is 4. The lowest BCUT2D eigenvalue weighted by Gasteiger charge is -2.20. The number of carboxylic acids is 1. The average molecular weight is 418 g/mol. The molecule has 0 fully saturated rings. The number of carboxylic acid groups (broad SMARTS) is 1. The fourth-order valence-corrected chi connectivity index (χ4v) is 2.97. The van der Waals surface area contributed by atoms with Gasteiger partial charge >= 0.3 is 5.97 Å². The third-order valence-corrected chi connectivity index (χ3v) is 4.63. The molecule has 0 bridgehead atoms. The second-order valence-corrected chi connectivity index (χ2v) is 6.90. The molecule has 31 heavy (non-hydrogen) atoms. The Morgan fingerprint density at radius 3 is 2.23 bits per heavy atom. The van der Waals surface area contributed by atoms with E-state index in [1.54, 1.807) is 85.1 Å². The number of nitrogens with zero attached hydrogens (tertiary/aromatic N) is 1. The first-order chi connectivity index (χ1) is 14.9. The first-order valence-corrected chi connectivity index (χ1v) is 9.60. The lowest BCUT2D eigenvalue weighted by atomic mass is 10.0. The molecule has 0 aliphatic rings. The SMILES string of the molecule is O=C(Cc1ccc(N=Cc2ccccc2O)cc1)NC(C(=O)O)C(O)c1ccccc1. The summed E-state index contributed by atoms with van der Waals surface area (Å²) in [6.07, 6.45) is 0.127. The predicted octanol–water partition coefficient (Wildman–Crippen LogP) is 2.99. The molecule has 3 aromatic carbocycles. The van der Waals surface area contributed by atoms with Crippen molar-refractivity contribution in [2.75, 3.05) is 0 Å². The van der Waals surface area contributed by atoms with Crippen LogP contribution in [0, 0.1) is 0 Å². The summed E-state index contributed by atoms with van der Waals surface area (Å²) in [7, 11) is 0. The summed E-state index contributed by atoms with van der Waals surface area (Å²) < 4.78 is 0. The largest absolute Gasteiger partial charge is 0.507 e. The van der Waals surface area contributed by atoms with E-state index >= 15 is 0 Å². The normalized spacial score (nSPS) is 12.9. The van der Waals surface area contributed by atoms with Crippen molar-refractivity contribution in [1.29, 1.82) is 0 Å². The third kappa shape index (κ3) is 6.01. The van der Waals surface area contributed by atoms with Crippen LogP contribution < -0.4 is 5.32 Å². The molecule has 3 aromatic rings. The van der Waals surface area contributed by atoms with Crippen LogP contribution in [-0.2, 0) is 16.0 Å². The fraction of sp³-hybridized carbons (Fsp3) is 0.125. The number of aliphatic carboxylic acids is 1. The summed E-state index contributed by atoms with van der Waals surface area (Å²) in [4.78, 5) is 28.2. The second kappa shape index (κ2) is 10.2. The van der Waals surface area contributed by atoms with Crippen LogP contribution in [-0.4, -0.2) is 39.5 Å². The van der Waals surface area contributed by atoms with Gasteiger partial charge in [0, 0.05) is 11.8 Å². The molecule has 2 atom stereocenters. The van der Waals surface area contributed by atoms with Crippen LogP contribution in [0.15, 0.2) is 83.9 Å². The molecular weight excluding hydrogens is 396 g/mol. The number of nitrogens with one attached hydrogen (secondary N) is 1. The Kier molecular flexibility index (Phi) is 7.13. The van der Waals surface area contributed by atoms with Gasteiger partial charge in [0.15, 0.2) is 6.04 Å². The maximum atomic E-state index is 12.4. The number of benzene rings is 3. The number of rotatable bonds is 8. The van der Waals surface area contributed by atoms with Crippen LogP contribution in [0.1, 0.15) is 22.8 Å². The fourth-order valence-electron chi connectivity index (χ4n) is 2.97. The zero-order valence-electron chi connectivity index (χ0n) is 16.6. The van der Waals surface area contributed by atoms with E-state index in [0.29, 0.717) is 22.4 Å². The van der Waals surface area contributed by atoms with Crippen LogP contribution in [0.4, 0.5) is 5.69 Å². The average Bonchev–Trinajstić information content (AvgIpc) is 2.78. The summed E-state index contributed by atoms with van der Waals surface area (Å²) in [5.41, 5.74) is 2.29. The van der Waals surface area contributed by atoms with Gasteiger partial charge in [-0.25, -0.2) is 4.79 Å². The molecular formula is C24H22N2O5. The Bertz CT molecular complexity index is 1060. The second-order valence-electron chi connectivity index (χ2n) is 6.90. The third-order valence-electron chi connectivity index (χ3n) is 4.63. The molecule has 3 rings (SSSR count). The van der Waals surface area contributed by atoms with Crippen LogP contribution in [0.3, 0.4) is 0 Å². The van der Waals surface area contributed by atoms with E-state index in [1.165, 1.54) is 0 Å². The maximum absolute atomic E-state index is 12.4. The molecule has 7 heteroatoms. The van der Waals surface area contributed by atoms with E-state index in [2.05, 4.69) is 10.3 Å². The van der Waals surface area contributed by atoms with E-state index in [9.17, 15) is 24.9 Å². The molecule has 1 amide bonds. The zero-order chi connectivity index (χ0) is 22.2. The number of carbonyl (C=O) groups excluding carboxylic acids is 1. The summed E-state index contributed by atoms with van der Waals surface area (Å²) >= 11 is 0. The molecule has 0 spiro atoms. The van der Waals surface area contributed by atoms with Crippen molar-refractivity contribution >= 4 is 23.8 Å². The van der Waals surface area contributed by atoms with Crippen LogP contribution >= 0.6 is 0 Å². The number of phenolic OH excluding ortho intramolecular Hbond substituents is 1. The molecule has 0 aliphatic carbocycles. The van der Waals surface area contributed by atoms with E-state index in [0.717, 1.165) is 0 Å². The van der Waals surface area contributed by atoms with Crippen molar-refractivity contribution in [3.63, 3.8) is 0 Å². The molecule has 0 saturated carbocycles. The molecule has 158 valence electrons. The number of aliphatic hydroxyl groups excluding tert-OH is 1. The molecule has 0 aromatic heterocycles. The highest BCUT2D eigenvalue weighted by Crippen LogP contribution is 2.19. The van der Waals surface area contributed by atoms with E-state index < -0.39 is 24.0 Å². The Morgan fingerprint density at radius 2 is 1.58 bits per heavy atom. The van der Waals surface area contributed by atoms with Gasteiger partial charge in [-0.1, -0.05) is 54.6 Å². The minimum absolute atomic E-state index is 0.0469. The first kappa shape index (κ1) is 21.7. The number of hydrogen-bond acceptors (Lipinski definition) is 5. The first-order valence-electron chi connectivity index (χ1n) is 9.60. The minimum Gasteiger partial charge on any atom is -0.507 e. The number of phenols is 1. The molecule has 7 nitrogen and oxygen atoms in total. The Morgan fingerprint density at radius 1 is 0.935 bits per heavy atom. The quantitative estimate of drug-likeness (QED) is 0.419. The van der Waals surface area contributed by atoms with Crippen molar-refractivity contribution in [3.05, 3.63) is 95.6 Å². The van der Waals surface area contributed by atoms with Crippen LogP contribution in [0.5, 0.6) is 5.75 Å². The van der Waals surface area contributed by atoms with Gasteiger partial charge in [-0.05, 0) is 35.4 Å². The number of aromatic hydroxyl groups is 1. The number of para-hydroxylation sites is 1. The van der Waals surface area contributed by atoms with Gasteiger partial charge in [0.25, 0.3) is 0 Å². The summed E-state index contributed by atoms with van der Waals surface area (Å²) in [6, 6.07) is 20.5. The molecule has 2 unspecified atom stereocenters. The molecule has 0 aliphatic heterocycles. The zero-order valence-corrected chi connectivity index (χ0v) is 16.6. The minimum atomic E-state index is -1.46. The number of amides is 1. The highest BCUT2D eigenvalue weighted by atomic mass is 16.4. The van der Waals surface area contributed by atoms with Gasteiger partial charge in [0.2, 0.25) is 5.91 Å². The summed E-state index contributed by atoms with van der Waals surface area (Å²) in [6.45, 7) is 0. The van der Waals surface area contributed by atoms with Crippen molar-refractivity contribution in [2.45, 2.75) is 18.6 Å². The summed E-state index contributed by atoms with van der Waals surface area (Å²) in [5.74, 6) is -1.71. The highest BCUT2D eigenvalue weighted by molar-refractivity contribution is 5.86. The highest BCUT2D eigenvalue weighted by Gasteiger charge is 2.29. The smallest absolute Gasteiger partial charge is 0.329 e. The Hall–Kier alpha value is -3.97. The summed E-state index contributed by atoms with van der Waals surface area (Å²) in [5, 5.41) is 31.9.